The number of hydrogen-bond acceptors (Lipinski definition) is 3. The molecule has 2 aromatic rings. The van der Waals surface area contributed by atoms with Gasteiger partial charge in [-0.05, 0) is 48.6 Å². The maximum absolute atomic E-state index is 13.2. The summed E-state index contributed by atoms with van der Waals surface area (Å²) in [5, 5.41) is 0. The van der Waals surface area contributed by atoms with E-state index in [-0.39, 0.29) is 39.9 Å². The Kier molecular flexibility index (Phi) is 20.0. The summed E-state index contributed by atoms with van der Waals surface area (Å²) >= 11 is 4.83. The second-order valence-electron chi connectivity index (χ2n) is 5.79. The molecule has 0 spiro atoms. The van der Waals surface area contributed by atoms with Crippen molar-refractivity contribution < 1.29 is 74.5 Å². The molecule has 13 heteroatoms. The largest absolute Gasteiger partial charge is 1.00 e. The van der Waals surface area contributed by atoms with Crippen LogP contribution in [0.4, 0.5) is 39.5 Å². The Hall–Kier alpha value is -0.530. The Morgan fingerprint density at radius 1 is 0.758 bits per heavy atom. The van der Waals surface area contributed by atoms with Gasteiger partial charge < -0.3 is 5.48 Å². The molecule has 1 N–H and O–H groups in total. The monoisotopic (exact) mass is 536 g/mol. The van der Waals surface area contributed by atoms with Crippen LogP contribution in [-0.4, -0.2) is 17.0 Å². The number of benzene rings is 2. The fourth-order valence-corrected chi connectivity index (χ4v) is 2.76. The van der Waals surface area contributed by atoms with Crippen molar-refractivity contribution in [1.29, 1.82) is 0 Å². The third-order valence-electron chi connectivity index (χ3n) is 3.20. The molecule has 0 aliphatic carbocycles. The molecule has 0 amide bonds. The van der Waals surface area contributed by atoms with Gasteiger partial charge in [0.05, 0.1) is 16.0 Å². The number of rotatable bonds is 4. The molecule has 33 heavy (non-hydrogen) atoms. The molecule has 0 saturated heterocycles. The zero-order valence-corrected chi connectivity index (χ0v) is 21.7. The number of halogens is 9. The van der Waals surface area contributed by atoms with Gasteiger partial charge in [0.1, 0.15) is 5.82 Å². The summed E-state index contributed by atoms with van der Waals surface area (Å²) in [6.07, 6.45) is -7.44. The smallest absolute Gasteiger partial charge is 0.870 e. The normalized spacial score (nSPS) is 10.5. The number of hydrogen-bond donors (Lipinski definition) is 1. The maximum Gasteiger partial charge on any atom is 1.00 e. The molecule has 0 aliphatic heterocycles. The summed E-state index contributed by atoms with van der Waals surface area (Å²) in [6.45, 7) is 3.94. The third kappa shape index (κ3) is 13.8. The SMILES string of the molecule is CCCS.CCCSc1c(F)cccc1C(F)(F)F.Fc1cccc(C(F)(F)F)c1F.[Na+].[OH-]. The average molecular weight is 537 g/mol. The molecular weight excluding hydrogens is 514 g/mol. The second kappa shape index (κ2) is 17.8. The minimum atomic E-state index is -4.84. The second-order valence-corrected chi connectivity index (χ2v) is 7.34. The van der Waals surface area contributed by atoms with Crippen LogP contribution in [0.15, 0.2) is 41.3 Å². The first-order chi connectivity index (χ1) is 14.3. The van der Waals surface area contributed by atoms with Crippen LogP contribution in [0.3, 0.4) is 0 Å². The zero-order chi connectivity index (χ0) is 24.2. The first-order valence-electron chi connectivity index (χ1n) is 8.91. The molecule has 1 nitrogen and oxygen atoms in total. The van der Waals surface area contributed by atoms with Crippen LogP contribution in [0.5, 0.6) is 0 Å². The van der Waals surface area contributed by atoms with E-state index in [1.807, 2.05) is 6.92 Å². The molecule has 0 unspecified atom stereocenters. The van der Waals surface area contributed by atoms with E-state index in [9.17, 15) is 39.5 Å². The van der Waals surface area contributed by atoms with Crippen LogP contribution in [-0.2, 0) is 12.4 Å². The third-order valence-corrected chi connectivity index (χ3v) is 4.97. The van der Waals surface area contributed by atoms with E-state index in [1.165, 1.54) is 6.42 Å². The van der Waals surface area contributed by atoms with Gasteiger partial charge in [-0.3, -0.25) is 0 Å². The minimum absolute atomic E-state index is 0. The summed E-state index contributed by atoms with van der Waals surface area (Å²) in [6, 6.07) is 4.95. The van der Waals surface area contributed by atoms with E-state index in [0.29, 0.717) is 24.3 Å². The van der Waals surface area contributed by atoms with Crippen LogP contribution < -0.4 is 29.6 Å². The van der Waals surface area contributed by atoms with Gasteiger partial charge in [0.25, 0.3) is 0 Å². The van der Waals surface area contributed by atoms with E-state index in [2.05, 4.69) is 19.6 Å². The Balaban J connectivity index is -0.000000452. The first kappa shape index (κ1) is 37.0. The Morgan fingerprint density at radius 2 is 1.18 bits per heavy atom. The van der Waals surface area contributed by atoms with Gasteiger partial charge in [0.2, 0.25) is 0 Å². The van der Waals surface area contributed by atoms with Crippen molar-refractivity contribution in [3.63, 3.8) is 0 Å². The Bertz CT molecular complexity index is 798. The van der Waals surface area contributed by atoms with Gasteiger partial charge in [0.15, 0.2) is 11.6 Å². The molecule has 0 radical (unpaired) electrons. The van der Waals surface area contributed by atoms with Crippen LogP contribution in [0, 0.1) is 17.5 Å². The van der Waals surface area contributed by atoms with Crippen molar-refractivity contribution in [2.75, 3.05) is 11.5 Å². The minimum Gasteiger partial charge on any atom is -0.870 e. The van der Waals surface area contributed by atoms with Crippen molar-refractivity contribution in [3.05, 3.63) is 65.0 Å². The summed E-state index contributed by atoms with van der Waals surface area (Å²) in [4.78, 5) is -0.299. The van der Waals surface area contributed by atoms with Gasteiger partial charge >= 0.3 is 41.9 Å². The van der Waals surface area contributed by atoms with Crippen LogP contribution in [0.1, 0.15) is 37.8 Å². The molecule has 2 rings (SSSR count). The Labute approximate surface area is 218 Å². The van der Waals surface area contributed by atoms with Crippen molar-refractivity contribution in [2.45, 2.75) is 43.9 Å². The van der Waals surface area contributed by atoms with E-state index in [4.69, 9.17) is 0 Å². The van der Waals surface area contributed by atoms with E-state index >= 15 is 0 Å². The quantitative estimate of drug-likeness (QED) is 0.243. The van der Waals surface area contributed by atoms with E-state index in [0.717, 1.165) is 41.8 Å². The fraction of sp³-hybridized carbons (Fsp3) is 0.400. The van der Waals surface area contributed by atoms with Crippen LogP contribution in [0.25, 0.3) is 0 Å². The molecule has 0 bridgehead atoms. The zero-order valence-electron chi connectivity index (χ0n) is 18.0. The molecular formula is C20H22F9NaOS2. The van der Waals surface area contributed by atoms with Crippen molar-refractivity contribution in [2.24, 2.45) is 0 Å². The summed E-state index contributed by atoms with van der Waals surface area (Å²) in [7, 11) is 0. The topological polar surface area (TPSA) is 30.0 Å². The Morgan fingerprint density at radius 3 is 1.55 bits per heavy atom. The predicted octanol–water partition coefficient (Wildman–Crippen LogP) is 5.48. The van der Waals surface area contributed by atoms with Crippen molar-refractivity contribution in [1.82, 2.24) is 0 Å². The molecule has 0 heterocycles. The molecule has 184 valence electrons. The summed E-state index contributed by atoms with van der Waals surface area (Å²) < 4.78 is 111. The van der Waals surface area contributed by atoms with E-state index in [1.54, 1.807) is 0 Å². The molecule has 0 saturated carbocycles. The number of thiol groups is 1. The van der Waals surface area contributed by atoms with Crippen LogP contribution >= 0.6 is 24.4 Å². The van der Waals surface area contributed by atoms with Gasteiger partial charge in [0, 0.05) is 0 Å². The van der Waals surface area contributed by atoms with Gasteiger partial charge in [-0.2, -0.15) is 39.0 Å². The maximum atomic E-state index is 13.2. The standard InChI is InChI=1S/C10H10F4S.C7H3F5.C3H8S.Na.H2O/c1-2-6-15-9-7(10(12,13)14)4-3-5-8(9)11;8-5-3-1-2-4(6(5)9)7(10,11)12;1-2-3-4;;/h3-5H,2,6H2,1H3;1-3H;4H,2-3H2,1H3;;1H2/q;;;+1;/p-1. The predicted molar refractivity (Wildman–Crippen MR) is 110 cm³/mol. The first-order valence-corrected chi connectivity index (χ1v) is 10.5. The van der Waals surface area contributed by atoms with Gasteiger partial charge in [-0.1, -0.05) is 26.0 Å². The van der Waals surface area contributed by atoms with Crippen molar-refractivity contribution >= 4 is 24.4 Å². The van der Waals surface area contributed by atoms with Gasteiger partial charge in [-0.25, -0.2) is 13.2 Å². The summed E-state index contributed by atoms with van der Waals surface area (Å²) in [5.41, 5.74) is -2.47. The molecule has 0 aliphatic rings. The van der Waals surface area contributed by atoms with E-state index < -0.39 is 40.9 Å². The van der Waals surface area contributed by atoms with Crippen molar-refractivity contribution in [3.8, 4) is 0 Å². The molecule has 0 aromatic heterocycles. The average Bonchev–Trinajstić information content (AvgIpc) is 2.68. The van der Waals surface area contributed by atoms with Crippen LogP contribution in [0.2, 0.25) is 0 Å². The number of alkyl halides is 6. The van der Waals surface area contributed by atoms with Gasteiger partial charge in [-0.15, -0.1) is 11.8 Å². The number of thioether (sulfide) groups is 1. The molecule has 0 atom stereocenters. The molecule has 0 fully saturated rings. The summed E-state index contributed by atoms with van der Waals surface area (Å²) in [5.74, 6) is -2.66. The molecule has 2 aromatic carbocycles. The fourth-order valence-electron chi connectivity index (χ4n) is 1.81.